The van der Waals surface area contributed by atoms with Gasteiger partial charge in [-0.25, -0.2) is 9.67 Å². The molecule has 0 aromatic carbocycles. The Morgan fingerprint density at radius 1 is 1.38 bits per heavy atom. The summed E-state index contributed by atoms with van der Waals surface area (Å²) in [4.78, 5) is 9.03. The van der Waals surface area contributed by atoms with Gasteiger partial charge in [0.05, 0.1) is 12.6 Å². The molecule has 3 rings (SSSR count). The number of aromatic nitrogens is 3. The van der Waals surface area contributed by atoms with Crippen molar-refractivity contribution < 1.29 is 5.11 Å². The number of aliphatic imine (C=N–C) groups is 1. The van der Waals surface area contributed by atoms with Crippen molar-refractivity contribution in [2.75, 3.05) is 13.6 Å². The second-order valence-electron chi connectivity index (χ2n) is 8.44. The first-order chi connectivity index (χ1) is 12.4. The third kappa shape index (κ3) is 4.19. The summed E-state index contributed by atoms with van der Waals surface area (Å²) in [6.45, 7) is 7.99. The van der Waals surface area contributed by atoms with Gasteiger partial charge in [-0.1, -0.05) is 33.6 Å². The summed E-state index contributed by atoms with van der Waals surface area (Å²) in [6.07, 6.45) is 6.01. The Bertz CT molecular complexity index is 640. The third-order valence-corrected chi connectivity index (χ3v) is 5.89. The van der Waals surface area contributed by atoms with Crippen LogP contribution in [-0.2, 0) is 13.0 Å². The van der Waals surface area contributed by atoms with Crippen LogP contribution in [0.3, 0.4) is 0 Å². The molecule has 7 nitrogen and oxygen atoms in total. The van der Waals surface area contributed by atoms with Crippen molar-refractivity contribution in [3.63, 3.8) is 0 Å². The highest BCUT2D eigenvalue weighted by atomic mass is 16.3. The molecule has 3 unspecified atom stereocenters. The number of guanidine groups is 1. The molecular weight excluding hydrogens is 328 g/mol. The van der Waals surface area contributed by atoms with Crippen molar-refractivity contribution in [3.8, 4) is 0 Å². The molecule has 1 aromatic heterocycles. The SMILES string of the molecule is CN=C(NCC1(C)CCCCC1O)NC1CCc2nc(C(C)C)nn2C1. The van der Waals surface area contributed by atoms with Gasteiger partial charge in [-0.3, -0.25) is 4.99 Å². The number of aliphatic hydroxyl groups is 1. The van der Waals surface area contributed by atoms with Crippen LogP contribution in [0, 0.1) is 5.41 Å². The highest BCUT2D eigenvalue weighted by Crippen LogP contribution is 2.35. The monoisotopic (exact) mass is 362 g/mol. The Hall–Kier alpha value is -1.63. The standard InChI is InChI=1S/C19H34N6O/c1-13(2)17-23-16-9-8-14(11-25(16)24-17)22-18(20-4)21-12-19(3)10-6-5-7-15(19)26/h13-15,26H,5-12H2,1-4H3,(H2,20,21,22). The normalized spacial score (nSPS) is 29.5. The van der Waals surface area contributed by atoms with Gasteiger partial charge in [-0.2, -0.15) is 5.10 Å². The number of hydrogen-bond donors (Lipinski definition) is 3. The lowest BCUT2D eigenvalue weighted by molar-refractivity contribution is 0.00394. The summed E-state index contributed by atoms with van der Waals surface area (Å²) >= 11 is 0. The predicted octanol–water partition coefficient (Wildman–Crippen LogP) is 1.82. The fourth-order valence-electron chi connectivity index (χ4n) is 3.95. The van der Waals surface area contributed by atoms with Crippen molar-refractivity contribution in [1.29, 1.82) is 0 Å². The van der Waals surface area contributed by atoms with Crippen LogP contribution in [-0.4, -0.2) is 51.6 Å². The maximum absolute atomic E-state index is 10.4. The maximum Gasteiger partial charge on any atom is 0.191 e. The zero-order valence-corrected chi connectivity index (χ0v) is 16.6. The van der Waals surface area contributed by atoms with E-state index in [0.29, 0.717) is 12.0 Å². The minimum absolute atomic E-state index is 0.0757. The van der Waals surface area contributed by atoms with E-state index >= 15 is 0 Å². The predicted molar refractivity (Wildman–Crippen MR) is 103 cm³/mol. The number of aryl methyl sites for hydroxylation is 1. The van der Waals surface area contributed by atoms with Gasteiger partial charge in [0.25, 0.3) is 0 Å². The quantitative estimate of drug-likeness (QED) is 0.562. The number of hydrogen-bond acceptors (Lipinski definition) is 4. The molecule has 0 spiro atoms. The van der Waals surface area contributed by atoms with Gasteiger partial charge < -0.3 is 15.7 Å². The minimum atomic E-state index is -0.233. The minimum Gasteiger partial charge on any atom is -0.392 e. The van der Waals surface area contributed by atoms with Gasteiger partial charge in [0.2, 0.25) is 0 Å². The van der Waals surface area contributed by atoms with Gasteiger partial charge in [0.15, 0.2) is 11.8 Å². The molecule has 0 saturated heterocycles. The van der Waals surface area contributed by atoms with Crippen molar-refractivity contribution in [1.82, 2.24) is 25.4 Å². The van der Waals surface area contributed by atoms with E-state index in [4.69, 9.17) is 0 Å². The topological polar surface area (TPSA) is 87.4 Å². The molecule has 2 aliphatic rings. The largest absolute Gasteiger partial charge is 0.392 e. The number of rotatable bonds is 4. The first-order valence-electron chi connectivity index (χ1n) is 10.00. The number of fused-ring (bicyclic) bond motifs is 1. The first kappa shape index (κ1) is 19.1. The molecule has 1 aliphatic heterocycles. The van der Waals surface area contributed by atoms with E-state index in [1.165, 1.54) is 6.42 Å². The van der Waals surface area contributed by atoms with Crippen LogP contribution in [0.5, 0.6) is 0 Å². The molecule has 3 atom stereocenters. The molecule has 1 saturated carbocycles. The second-order valence-corrected chi connectivity index (χ2v) is 8.44. The molecule has 26 heavy (non-hydrogen) atoms. The van der Waals surface area contributed by atoms with Crippen LogP contribution < -0.4 is 10.6 Å². The summed E-state index contributed by atoms with van der Waals surface area (Å²) in [6, 6.07) is 0.291. The lowest BCUT2D eigenvalue weighted by Crippen LogP contribution is -2.51. The smallest absolute Gasteiger partial charge is 0.191 e. The molecule has 1 fully saturated rings. The number of nitrogens with zero attached hydrogens (tertiary/aromatic N) is 4. The Kier molecular flexibility index (Phi) is 5.85. The van der Waals surface area contributed by atoms with E-state index in [1.54, 1.807) is 7.05 Å². The van der Waals surface area contributed by atoms with Crippen LogP contribution in [0.4, 0.5) is 0 Å². The highest BCUT2D eigenvalue weighted by Gasteiger charge is 2.35. The number of aliphatic hydroxyl groups excluding tert-OH is 1. The van der Waals surface area contributed by atoms with Gasteiger partial charge in [0, 0.05) is 37.4 Å². The van der Waals surface area contributed by atoms with Crippen LogP contribution in [0.1, 0.15) is 70.4 Å². The lowest BCUT2D eigenvalue weighted by Gasteiger charge is -2.39. The van der Waals surface area contributed by atoms with Gasteiger partial charge in [0.1, 0.15) is 5.82 Å². The summed E-state index contributed by atoms with van der Waals surface area (Å²) in [5.41, 5.74) is -0.0757. The lowest BCUT2D eigenvalue weighted by atomic mass is 9.73. The summed E-state index contributed by atoms with van der Waals surface area (Å²) in [5.74, 6) is 3.19. The molecule has 146 valence electrons. The van der Waals surface area contributed by atoms with E-state index in [0.717, 1.165) is 62.8 Å². The Balaban J connectivity index is 1.55. The Labute approximate surface area is 156 Å². The molecule has 3 N–H and O–H groups in total. The summed E-state index contributed by atoms with van der Waals surface area (Å²) < 4.78 is 2.04. The van der Waals surface area contributed by atoms with Gasteiger partial charge in [-0.15, -0.1) is 0 Å². The highest BCUT2D eigenvalue weighted by molar-refractivity contribution is 5.80. The Morgan fingerprint density at radius 3 is 2.88 bits per heavy atom. The zero-order chi connectivity index (χ0) is 18.7. The maximum atomic E-state index is 10.4. The second kappa shape index (κ2) is 7.94. The average molecular weight is 363 g/mol. The van der Waals surface area contributed by atoms with Crippen LogP contribution >= 0.6 is 0 Å². The molecule has 0 radical (unpaired) electrons. The molecule has 0 bridgehead atoms. The first-order valence-corrected chi connectivity index (χ1v) is 10.00. The van der Waals surface area contributed by atoms with Crippen LogP contribution in [0.15, 0.2) is 4.99 Å². The van der Waals surface area contributed by atoms with Crippen molar-refractivity contribution in [2.45, 2.75) is 83.9 Å². The van der Waals surface area contributed by atoms with Crippen LogP contribution in [0.25, 0.3) is 0 Å². The number of nitrogens with one attached hydrogen (secondary N) is 2. The van der Waals surface area contributed by atoms with Gasteiger partial charge >= 0.3 is 0 Å². The van der Waals surface area contributed by atoms with E-state index in [-0.39, 0.29) is 11.5 Å². The van der Waals surface area contributed by atoms with E-state index in [9.17, 15) is 5.11 Å². The van der Waals surface area contributed by atoms with Crippen molar-refractivity contribution in [2.24, 2.45) is 10.4 Å². The van der Waals surface area contributed by atoms with E-state index in [2.05, 4.69) is 46.5 Å². The van der Waals surface area contributed by atoms with Crippen molar-refractivity contribution in [3.05, 3.63) is 11.6 Å². The van der Waals surface area contributed by atoms with E-state index in [1.807, 2.05) is 4.68 Å². The molecular formula is C19H34N6O. The Morgan fingerprint density at radius 2 is 2.19 bits per heavy atom. The fraction of sp³-hybridized carbons (Fsp3) is 0.842. The van der Waals surface area contributed by atoms with Gasteiger partial charge in [-0.05, 0) is 19.3 Å². The molecule has 7 heteroatoms. The van der Waals surface area contributed by atoms with E-state index < -0.39 is 0 Å². The molecule has 1 aliphatic carbocycles. The molecule has 1 aromatic rings. The fourth-order valence-corrected chi connectivity index (χ4v) is 3.95. The van der Waals surface area contributed by atoms with Crippen LogP contribution in [0.2, 0.25) is 0 Å². The molecule has 0 amide bonds. The average Bonchev–Trinajstić information content (AvgIpc) is 3.05. The van der Waals surface area contributed by atoms with Crippen molar-refractivity contribution >= 4 is 5.96 Å². The third-order valence-electron chi connectivity index (χ3n) is 5.89. The molecule has 2 heterocycles. The summed E-state index contributed by atoms with van der Waals surface area (Å²) in [7, 11) is 1.80. The zero-order valence-electron chi connectivity index (χ0n) is 16.6. The summed E-state index contributed by atoms with van der Waals surface area (Å²) in [5, 5.41) is 22.0.